The molecule has 1 atom stereocenters. The van der Waals surface area contributed by atoms with Gasteiger partial charge in [0.05, 0.1) is 0 Å². The molecule has 2 rings (SSSR count). The van der Waals surface area contributed by atoms with Gasteiger partial charge in [-0.1, -0.05) is 0 Å². The number of carbonyl (C=O) groups excluding carboxylic acids is 1. The van der Waals surface area contributed by atoms with E-state index in [0.717, 1.165) is 25.5 Å². The Balaban J connectivity index is 2.04. The van der Waals surface area contributed by atoms with Crippen LogP contribution >= 0.6 is 0 Å². The molecule has 0 saturated carbocycles. The van der Waals surface area contributed by atoms with Crippen molar-refractivity contribution >= 4 is 11.7 Å². The Morgan fingerprint density at radius 2 is 2.25 bits per heavy atom. The highest BCUT2D eigenvalue weighted by Crippen LogP contribution is 2.20. The molecule has 6 heteroatoms. The van der Waals surface area contributed by atoms with Crippen molar-refractivity contribution in [1.29, 1.82) is 0 Å². The minimum Gasteiger partial charge on any atom is -0.355 e. The molecule has 0 bridgehead atoms. The van der Waals surface area contributed by atoms with Crippen molar-refractivity contribution in [2.75, 3.05) is 45.7 Å². The number of hydrogen-bond donors (Lipinski definition) is 1. The Bertz CT molecular complexity index is 443. The van der Waals surface area contributed by atoms with Crippen LogP contribution in [0.4, 0.5) is 5.82 Å². The van der Waals surface area contributed by atoms with E-state index in [4.69, 9.17) is 0 Å². The number of aromatic nitrogens is 2. The summed E-state index contributed by atoms with van der Waals surface area (Å²) in [5.74, 6) is 1.40. The zero-order valence-electron chi connectivity index (χ0n) is 12.5. The van der Waals surface area contributed by atoms with Gasteiger partial charge in [0.1, 0.15) is 0 Å². The van der Waals surface area contributed by atoms with Gasteiger partial charge in [-0.05, 0) is 44.5 Å². The van der Waals surface area contributed by atoms with Gasteiger partial charge in [0.2, 0.25) is 0 Å². The summed E-state index contributed by atoms with van der Waals surface area (Å²) in [7, 11) is 5.41. The lowest BCUT2D eigenvalue weighted by atomic mass is 9.98. The summed E-state index contributed by atoms with van der Waals surface area (Å²) in [5.41, 5.74) is 0.391. The van der Waals surface area contributed by atoms with Gasteiger partial charge in [-0.15, -0.1) is 10.2 Å². The Morgan fingerprint density at radius 3 is 2.85 bits per heavy atom. The SMILES string of the molecule is CNCC1CCCN(c2ccc(C(=O)N(C)C)nn2)C1. The molecule has 1 N–H and O–H groups in total. The number of anilines is 1. The first-order valence-corrected chi connectivity index (χ1v) is 7.06. The molecule has 0 aliphatic carbocycles. The second-order valence-electron chi connectivity index (χ2n) is 5.49. The van der Waals surface area contributed by atoms with E-state index in [1.807, 2.05) is 13.1 Å². The number of amides is 1. The van der Waals surface area contributed by atoms with E-state index in [0.29, 0.717) is 11.6 Å². The molecule has 110 valence electrons. The summed E-state index contributed by atoms with van der Waals surface area (Å²) in [6.07, 6.45) is 2.42. The third-order valence-corrected chi connectivity index (χ3v) is 3.61. The number of rotatable bonds is 4. The smallest absolute Gasteiger partial charge is 0.273 e. The zero-order chi connectivity index (χ0) is 14.5. The maximum Gasteiger partial charge on any atom is 0.273 e. The van der Waals surface area contributed by atoms with Crippen LogP contribution in [0.15, 0.2) is 12.1 Å². The summed E-state index contributed by atoms with van der Waals surface area (Å²) < 4.78 is 0. The molecular formula is C14H23N5O. The number of nitrogens with zero attached hydrogens (tertiary/aromatic N) is 4. The predicted octanol–water partition coefficient (Wildman–Crippen LogP) is 0.614. The van der Waals surface area contributed by atoms with E-state index in [9.17, 15) is 4.79 Å². The average molecular weight is 277 g/mol. The van der Waals surface area contributed by atoms with Gasteiger partial charge < -0.3 is 15.1 Å². The van der Waals surface area contributed by atoms with Crippen molar-refractivity contribution in [1.82, 2.24) is 20.4 Å². The van der Waals surface area contributed by atoms with Crippen molar-refractivity contribution in [3.8, 4) is 0 Å². The fourth-order valence-corrected chi connectivity index (χ4v) is 2.57. The van der Waals surface area contributed by atoms with Crippen LogP contribution in [-0.2, 0) is 0 Å². The van der Waals surface area contributed by atoms with Gasteiger partial charge in [-0.3, -0.25) is 4.79 Å². The minimum absolute atomic E-state index is 0.115. The predicted molar refractivity (Wildman–Crippen MR) is 78.9 cm³/mol. The Hall–Kier alpha value is -1.69. The van der Waals surface area contributed by atoms with Crippen molar-refractivity contribution in [2.24, 2.45) is 5.92 Å². The first kappa shape index (κ1) is 14.7. The first-order chi connectivity index (χ1) is 9.61. The molecule has 1 aromatic rings. The van der Waals surface area contributed by atoms with Crippen LogP contribution in [-0.4, -0.2) is 61.8 Å². The molecule has 6 nitrogen and oxygen atoms in total. The van der Waals surface area contributed by atoms with E-state index in [-0.39, 0.29) is 5.91 Å². The molecule has 1 unspecified atom stereocenters. The molecule has 0 aromatic carbocycles. The third-order valence-electron chi connectivity index (χ3n) is 3.61. The summed E-state index contributed by atoms with van der Waals surface area (Å²) in [6, 6.07) is 3.65. The van der Waals surface area contributed by atoms with Gasteiger partial charge in [-0.25, -0.2) is 0 Å². The van der Waals surface area contributed by atoms with Crippen LogP contribution in [0.2, 0.25) is 0 Å². The number of nitrogens with one attached hydrogen (secondary N) is 1. The molecule has 1 amide bonds. The lowest BCUT2D eigenvalue weighted by Crippen LogP contribution is -2.39. The van der Waals surface area contributed by atoms with Crippen LogP contribution in [0.3, 0.4) is 0 Å². The van der Waals surface area contributed by atoms with Gasteiger partial charge in [0.15, 0.2) is 11.5 Å². The van der Waals surface area contributed by atoms with Gasteiger partial charge in [0, 0.05) is 27.2 Å². The van der Waals surface area contributed by atoms with E-state index >= 15 is 0 Å². The quantitative estimate of drug-likeness (QED) is 0.874. The maximum absolute atomic E-state index is 11.8. The van der Waals surface area contributed by atoms with E-state index < -0.39 is 0 Å². The fourth-order valence-electron chi connectivity index (χ4n) is 2.57. The number of carbonyl (C=O) groups is 1. The van der Waals surface area contributed by atoms with Crippen molar-refractivity contribution in [3.05, 3.63) is 17.8 Å². The van der Waals surface area contributed by atoms with Crippen LogP contribution in [0.1, 0.15) is 23.3 Å². The zero-order valence-corrected chi connectivity index (χ0v) is 12.5. The molecular weight excluding hydrogens is 254 g/mol. The second-order valence-corrected chi connectivity index (χ2v) is 5.49. The molecule has 1 aromatic heterocycles. The Morgan fingerprint density at radius 1 is 1.45 bits per heavy atom. The van der Waals surface area contributed by atoms with Gasteiger partial charge >= 0.3 is 0 Å². The normalized spacial score (nSPS) is 18.9. The lowest BCUT2D eigenvalue weighted by Gasteiger charge is -2.33. The Labute approximate surface area is 120 Å². The highest BCUT2D eigenvalue weighted by atomic mass is 16.2. The number of hydrogen-bond acceptors (Lipinski definition) is 5. The number of piperidine rings is 1. The van der Waals surface area contributed by atoms with Crippen molar-refractivity contribution in [2.45, 2.75) is 12.8 Å². The van der Waals surface area contributed by atoms with E-state index in [1.54, 1.807) is 20.2 Å². The third kappa shape index (κ3) is 3.45. The van der Waals surface area contributed by atoms with E-state index in [2.05, 4.69) is 20.4 Å². The molecule has 1 aliphatic heterocycles. The van der Waals surface area contributed by atoms with Crippen LogP contribution in [0, 0.1) is 5.92 Å². The highest BCUT2D eigenvalue weighted by molar-refractivity contribution is 5.91. The molecule has 1 fully saturated rings. The second kappa shape index (κ2) is 6.65. The lowest BCUT2D eigenvalue weighted by molar-refractivity contribution is 0.0821. The summed E-state index contributed by atoms with van der Waals surface area (Å²) in [4.78, 5) is 15.5. The molecule has 1 saturated heterocycles. The fraction of sp³-hybridized carbons (Fsp3) is 0.643. The minimum atomic E-state index is -0.115. The van der Waals surface area contributed by atoms with Gasteiger partial charge in [-0.2, -0.15) is 0 Å². The van der Waals surface area contributed by atoms with Crippen molar-refractivity contribution < 1.29 is 4.79 Å². The molecule has 1 aliphatic rings. The summed E-state index contributed by atoms with van der Waals surface area (Å²) >= 11 is 0. The molecule has 20 heavy (non-hydrogen) atoms. The maximum atomic E-state index is 11.8. The molecule has 0 radical (unpaired) electrons. The van der Waals surface area contributed by atoms with Crippen molar-refractivity contribution in [3.63, 3.8) is 0 Å². The van der Waals surface area contributed by atoms with E-state index in [1.165, 1.54) is 17.7 Å². The highest BCUT2D eigenvalue weighted by Gasteiger charge is 2.21. The largest absolute Gasteiger partial charge is 0.355 e. The first-order valence-electron chi connectivity index (χ1n) is 7.06. The average Bonchev–Trinajstić information content (AvgIpc) is 2.47. The van der Waals surface area contributed by atoms with Crippen LogP contribution in [0.25, 0.3) is 0 Å². The Kier molecular flexibility index (Phi) is 4.89. The standard InChI is InChI=1S/C14H23N5O/c1-15-9-11-5-4-8-19(10-11)13-7-6-12(16-17-13)14(20)18(2)3/h6-7,11,15H,4-5,8-10H2,1-3H3. The van der Waals surface area contributed by atoms with Gasteiger partial charge in [0.25, 0.3) is 5.91 Å². The molecule has 0 spiro atoms. The van der Waals surface area contributed by atoms with Crippen LogP contribution < -0.4 is 10.2 Å². The summed E-state index contributed by atoms with van der Waals surface area (Å²) in [5, 5.41) is 11.5. The molecule has 2 heterocycles. The van der Waals surface area contributed by atoms with Crippen LogP contribution in [0.5, 0.6) is 0 Å². The topological polar surface area (TPSA) is 61.4 Å². The summed E-state index contributed by atoms with van der Waals surface area (Å²) in [6.45, 7) is 3.04. The monoisotopic (exact) mass is 277 g/mol.